The summed E-state index contributed by atoms with van der Waals surface area (Å²) in [6.07, 6.45) is -4.49. The third-order valence-electron chi connectivity index (χ3n) is 2.55. The molecule has 0 aliphatic carbocycles. The molecule has 20 heavy (non-hydrogen) atoms. The van der Waals surface area contributed by atoms with E-state index in [0.29, 0.717) is 11.4 Å². The van der Waals surface area contributed by atoms with Crippen LogP contribution in [-0.2, 0) is 6.18 Å². The van der Waals surface area contributed by atoms with Crippen molar-refractivity contribution in [2.45, 2.75) is 13.1 Å². The summed E-state index contributed by atoms with van der Waals surface area (Å²) in [6.45, 7) is 1.80. The molecule has 0 aliphatic heterocycles. The van der Waals surface area contributed by atoms with E-state index in [-0.39, 0.29) is 10.8 Å². The van der Waals surface area contributed by atoms with Crippen molar-refractivity contribution in [3.63, 3.8) is 0 Å². The van der Waals surface area contributed by atoms with Gasteiger partial charge < -0.3 is 11.1 Å². The molecule has 0 spiro atoms. The van der Waals surface area contributed by atoms with Crippen LogP contribution in [0.2, 0.25) is 5.02 Å². The van der Waals surface area contributed by atoms with Gasteiger partial charge in [-0.15, -0.1) is 0 Å². The van der Waals surface area contributed by atoms with E-state index in [1.54, 1.807) is 19.1 Å². The Morgan fingerprint density at radius 3 is 2.60 bits per heavy atom. The van der Waals surface area contributed by atoms with E-state index in [9.17, 15) is 13.2 Å². The molecule has 0 aliphatic rings. The van der Waals surface area contributed by atoms with Crippen LogP contribution in [0.3, 0.4) is 0 Å². The Labute approximate surface area is 118 Å². The second-order valence-corrected chi connectivity index (χ2v) is 4.62. The molecule has 0 bridgehead atoms. The summed E-state index contributed by atoms with van der Waals surface area (Å²) < 4.78 is 37.7. The van der Waals surface area contributed by atoms with Crippen LogP contribution in [0.15, 0.2) is 30.3 Å². The lowest BCUT2D eigenvalue weighted by Gasteiger charge is -2.12. The van der Waals surface area contributed by atoms with Crippen molar-refractivity contribution in [2.75, 3.05) is 11.1 Å². The van der Waals surface area contributed by atoms with Crippen molar-refractivity contribution in [1.29, 1.82) is 0 Å². The van der Waals surface area contributed by atoms with Gasteiger partial charge in [0.2, 0.25) is 0 Å². The van der Waals surface area contributed by atoms with Gasteiger partial charge >= 0.3 is 6.18 Å². The van der Waals surface area contributed by atoms with Gasteiger partial charge in [0, 0.05) is 0 Å². The van der Waals surface area contributed by atoms with Gasteiger partial charge in [0.25, 0.3) is 0 Å². The van der Waals surface area contributed by atoms with E-state index in [4.69, 9.17) is 17.3 Å². The molecule has 1 aromatic heterocycles. The molecule has 2 rings (SSSR count). The van der Waals surface area contributed by atoms with Gasteiger partial charge in [-0.2, -0.15) is 13.2 Å². The highest BCUT2D eigenvalue weighted by molar-refractivity contribution is 6.35. The van der Waals surface area contributed by atoms with Crippen molar-refractivity contribution in [2.24, 2.45) is 0 Å². The van der Waals surface area contributed by atoms with E-state index in [2.05, 4.69) is 10.3 Å². The second-order valence-electron chi connectivity index (χ2n) is 4.25. The van der Waals surface area contributed by atoms with E-state index < -0.39 is 11.9 Å². The lowest BCUT2D eigenvalue weighted by atomic mass is 10.2. The van der Waals surface area contributed by atoms with E-state index in [0.717, 1.165) is 11.6 Å². The largest absolute Gasteiger partial charge is 0.433 e. The summed E-state index contributed by atoms with van der Waals surface area (Å²) in [5.41, 5.74) is 6.32. The summed E-state index contributed by atoms with van der Waals surface area (Å²) in [7, 11) is 0. The van der Waals surface area contributed by atoms with Crippen LogP contribution >= 0.6 is 11.6 Å². The zero-order valence-corrected chi connectivity index (χ0v) is 11.2. The average Bonchev–Trinajstić information content (AvgIpc) is 2.35. The summed E-state index contributed by atoms with van der Waals surface area (Å²) in [4.78, 5) is 3.50. The number of hydrogen-bond acceptors (Lipinski definition) is 3. The quantitative estimate of drug-likeness (QED) is 0.809. The molecular weight excluding hydrogens is 291 g/mol. The second kappa shape index (κ2) is 5.20. The third kappa shape index (κ3) is 3.14. The van der Waals surface area contributed by atoms with E-state index >= 15 is 0 Å². The molecule has 1 aromatic carbocycles. The SMILES string of the molecule is Cc1cc(N)c(Cl)c(Nc2cccc(C(F)(F)F)n2)c1. The Balaban J connectivity index is 2.36. The average molecular weight is 302 g/mol. The zero-order valence-electron chi connectivity index (χ0n) is 10.4. The van der Waals surface area contributed by atoms with Gasteiger partial charge in [-0.05, 0) is 36.8 Å². The number of nitrogen functional groups attached to an aromatic ring is 1. The maximum atomic E-state index is 12.6. The molecule has 106 valence electrons. The number of nitrogens with two attached hydrogens (primary N) is 1. The van der Waals surface area contributed by atoms with Gasteiger partial charge in [-0.1, -0.05) is 17.7 Å². The molecule has 3 nitrogen and oxygen atoms in total. The van der Waals surface area contributed by atoms with E-state index in [1.165, 1.54) is 12.1 Å². The number of nitrogens with zero attached hydrogens (tertiary/aromatic N) is 1. The van der Waals surface area contributed by atoms with Gasteiger partial charge in [0.05, 0.1) is 16.4 Å². The summed E-state index contributed by atoms with van der Waals surface area (Å²) in [6, 6.07) is 6.94. The molecule has 0 saturated heterocycles. The fraction of sp³-hybridized carbons (Fsp3) is 0.154. The first-order valence-corrected chi connectivity index (χ1v) is 6.02. The molecule has 3 N–H and O–H groups in total. The summed E-state index contributed by atoms with van der Waals surface area (Å²) in [5.74, 6) is 0.0479. The standard InChI is InChI=1S/C13H11ClF3N3/c1-7-5-8(18)12(14)9(6-7)19-11-4-2-3-10(20-11)13(15,16)17/h2-6H,18H2,1H3,(H,19,20). The fourth-order valence-electron chi connectivity index (χ4n) is 1.69. The lowest BCUT2D eigenvalue weighted by molar-refractivity contribution is -0.141. The number of halogens is 4. The van der Waals surface area contributed by atoms with Crippen molar-refractivity contribution >= 4 is 28.8 Å². The van der Waals surface area contributed by atoms with Crippen LogP contribution in [-0.4, -0.2) is 4.98 Å². The molecule has 7 heteroatoms. The van der Waals surface area contributed by atoms with Crippen molar-refractivity contribution in [3.05, 3.63) is 46.6 Å². The number of alkyl halides is 3. The minimum Gasteiger partial charge on any atom is -0.397 e. The molecule has 1 heterocycles. The minimum atomic E-state index is -4.49. The number of hydrogen-bond donors (Lipinski definition) is 2. The number of pyridine rings is 1. The first-order chi connectivity index (χ1) is 9.27. The maximum absolute atomic E-state index is 12.6. The third-order valence-corrected chi connectivity index (χ3v) is 2.97. The Hall–Kier alpha value is -1.95. The predicted molar refractivity (Wildman–Crippen MR) is 73.1 cm³/mol. The number of aromatic nitrogens is 1. The highest BCUT2D eigenvalue weighted by atomic mass is 35.5. The van der Waals surface area contributed by atoms with Gasteiger partial charge in [0.15, 0.2) is 0 Å². The van der Waals surface area contributed by atoms with Crippen LogP contribution < -0.4 is 11.1 Å². The van der Waals surface area contributed by atoms with Gasteiger partial charge in [-0.25, -0.2) is 4.98 Å². The topological polar surface area (TPSA) is 50.9 Å². The molecule has 0 unspecified atom stereocenters. The Morgan fingerprint density at radius 1 is 1.25 bits per heavy atom. The highest BCUT2D eigenvalue weighted by Crippen LogP contribution is 2.33. The minimum absolute atomic E-state index is 0.0479. The smallest absolute Gasteiger partial charge is 0.397 e. The van der Waals surface area contributed by atoms with Crippen LogP contribution in [0.1, 0.15) is 11.3 Å². The molecule has 0 fully saturated rings. The van der Waals surface area contributed by atoms with Gasteiger partial charge in [-0.3, -0.25) is 0 Å². The van der Waals surface area contributed by atoms with Crippen LogP contribution in [0.4, 0.5) is 30.4 Å². The Bertz CT molecular complexity index is 641. The number of benzene rings is 1. The van der Waals surface area contributed by atoms with Gasteiger partial charge in [0.1, 0.15) is 11.5 Å². The summed E-state index contributed by atoms with van der Waals surface area (Å²) in [5, 5.41) is 2.99. The predicted octanol–water partition coefficient (Wildman–Crippen LogP) is 4.39. The molecule has 2 aromatic rings. The normalized spacial score (nSPS) is 11.4. The molecule has 0 atom stereocenters. The summed E-state index contributed by atoms with van der Waals surface area (Å²) >= 11 is 6.01. The molecular formula is C13H11ClF3N3. The Morgan fingerprint density at radius 2 is 1.95 bits per heavy atom. The Kier molecular flexibility index (Phi) is 3.76. The van der Waals surface area contributed by atoms with Crippen molar-refractivity contribution < 1.29 is 13.2 Å². The van der Waals surface area contributed by atoms with E-state index in [1.807, 2.05) is 0 Å². The number of nitrogens with one attached hydrogen (secondary N) is 1. The number of rotatable bonds is 2. The number of aryl methyl sites for hydroxylation is 1. The van der Waals surface area contributed by atoms with Crippen LogP contribution in [0.25, 0.3) is 0 Å². The monoisotopic (exact) mass is 301 g/mol. The van der Waals surface area contributed by atoms with Crippen LogP contribution in [0.5, 0.6) is 0 Å². The first kappa shape index (κ1) is 14.5. The highest BCUT2D eigenvalue weighted by Gasteiger charge is 2.32. The first-order valence-electron chi connectivity index (χ1n) is 5.64. The number of anilines is 3. The molecule has 0 radical (unpaired) electrons. The fourth-order valence-corrected chi connectivity index (χ4v) is 1.84. The zero-order chi connectivity index (χ0) is 14.9. The molecule has 0 amide bonds. The van der Waals surface area contributed by atoms with Crippen molar-refractivity contribution in [3.8, 4) is 0 Å². The lowest BCUT2D eigenvalue weighted by Crippen LogP contribution is -2.09. The molecule has 0 saturated carbocycles. The van der Waals surface area contributed by atoms with Crippen LogP contribution in [0, 0.1) is 6.92 Å². The van der Waals surface area contributed by atoms with Crippen molar-refractivity contribution in [1.82, 2.24) is 4.98 Å². The maximum Gasteiger partial charge on any atom is 0.433 e.